The van der Waals surface area contributed by atoms with Crippen LogP contribution in [-0.2, 0) is 4.79 Å². The SMILES string of the molecule is NNC(=O)CCSc1ccc(Br)cc1. The highest BCUT2D eigenvalue weighted by atomic mass is 79.9. The molecule has 0 unspecified atom stereocenters. The Morgan fingerprint density at radius 3 is 2.64 bits per heavy atom. The molecule has 1 aromatic carbocycles. The second kappa shape index (κ2) is 6.06. The van der Waals surface area contributed by atoms with E-state index in [1.807, 2.05) is 24.3 Å². The van der Waals surface area contributed by atoms with E-state index >= 15 is 0 Å². The van der Waals surface area contributed by atoms with Crippen molar-refractivity contribution in [2.45, 2.75) is 11.3 Å². The third kappa shape index (κ3) is 4.13. The Morgan fingerprint density at radius 2 is 2.07 bits per heavy atom. The third-order valence-electron chi connectivity index (χ3n) is 1.57. The second-order valence-electron chi connectivity index (χ2n) is 2.62. The number of thioether (sulfide) groups is 1. The Morgan fingerprint density at radius 1 is 1.43 bits per heavy atom. The van der Waals surface area contributed by atoms with Crippen LogP contribution in [-0.4, -0.2) is 11.7 Å². The van der Waals surface area contributed by atoms with Crippen LogP contribution in [0.2, 0.25) is 0 Å². The van der Waals surface area contributed by atoms with E-state index in [4.69, 9.17) is 5.84 Å². The van der Waals surface area contributed by atoms with Crippen LogP contribution >= 0.6 is 27.7 Å². The molecule has 3 nitrogen and oxygen atoms in total. The first-order valence-corrected chi connectivity index (χ1v) is 5.88. The van der Waals surface area contributed by atoms with Crippen molar-refractivity contribution in [3.63, 3.8) is 0 Å². The summed E-state index contributed by atoms with van der Waals surface area (Å²) in [7, 11) is 0. The molecule has 14 heavy (non-hydrogen) atoms. The van der Waals surface area contributed by atoms with E-state index in [2.05, 4.69) is 21.4 Å². The van der Waals surface area contributed by atoms with E-state index in [1.54, 1.807) is 11.8 Å². The maximum absolute atomic E-state index is 10.8. The van der Waals surface area contributed by atoms with Gasteiger partial charge in [-0.3, -0.25) is 10.2 Å². The predicted molar refractivity (Wildman–Crippen MR) is 61.8 cm³/mol. The first kappa shape index (κ1) is 11.6. The fourth-order valence-corrected chi connectivity index (χ4v) is 1.98. The number of nitrogens with two attached hydrogens (primary N) is 1. The van der Waals surface area contributed by atoms with Crippen molar-refractivity contribution in [2.24, 2.45) is 5.84 Å². The maximum atomic E-state index is 10.8. The summed E-state index contributed by atoms with van der Waals surface area (Å²) in [5.41, 5.74) is 2.10. The van der Waals surface area contributed by atoms with Gasteiger partial charge in [0, 0.05) is 21.5 Å². The van der Waals surface area contributed by atoms with Crippen LogP contribution in [0.25, 0.3) is 0 Å². The topological polar surface area (TPSA) is 55.1 Å². The zero-order valence-electron chi connectivity index (χ0n) is 7.50. The van der Waals surface area contributed by atoms with E-state index < -0.39 is 0 Å². The number of amides is 1. The summed E-state index contributed by atoms with van der Waals surface area (Å²) in [5.74, 6) is 5.57. The number of carbonyl (C=O) groups is 1. The van der Waals surface area contributed by atoms with Gasteiger partial charge in [0.15, 0.2) is 0 Å². The van der Waals surface area contributed by atoms with Crippen molar-refractivity contribution in [1.29, 1.82) is 0 Å². The molecule has 76 valence electrons. The molecule has 3 N–H and O–H groups in total. The van der Waals surface area contributed by atoms with Crippen molar-refractivity contribution < 1.29 is 4.79 Å². The average molecular weight is 275 g/mol. The lowest BCUT2D eigenvalue weighted by molar-refractivity contribution is -0.120. The molecule has 0 radical (unpaired) electrons. The molecule has 0 aliphatic heterocycles. The van der Waals surface area contributed by atoms with Gasteiger partial charge in [-0.25, -0.2) is 5.84 Å². The molecule has 0 aromatic heterocycles. The van der Waals surface area contributed by atoms with Gasteiger partial charge < -0.3 is 0 Å². The van der Waals surface area contributed by atoms with Gasteiger partial charge in [-0.15, -0.1) is 11.8 Å². The summed E-state index contributed by atoms with van der Waals surface area (Å²) < 4.78 is 1.06. The summed E-state index contributed by atoms with van der Waals surface area (Å²) in [6, 6.07) is 7.97. The standard InChI is InChI=1S/C9H11BrN2OS/c10-7-1-3-8(4-2-7)14-6-5-9(13)12-11/h1-4H,5-6,11H2,(H,12,13). The Bertz CT molecular complexity index is 302. The summed E-state index contributed by atoms with van der Waals surface area (Å²) in [5, 5.41) is 0. The molecule has 0 saturated carbocycles. The maximum Gasteiger partial charge on any atom is 0.234 e. The van der Waals surface area contributed by atoms with E-state index in [-0.39, 0.29) is 5.91 Å². The summed E-state index contributed by atoms with van der Waals surface area (Å²) in [6.45, 7) is 0. The number of rotatable bonds is 4. The number of hydrazine groups is 1. The first-order valence-electron chi connectivity index (χ1n) is 4.10. The molecule has 5 heteroatoms. The lowest BCUT2D eigenvalue weighted by Crippen LogP contribution is -2.30. The van der Waals surface area contributed by atoms with E-state index in [0.717, 1.165) is 15.1 Å². The van der Waals surface area contributed by atoms with Crippen molar-refractivity contribution in [3.8, 4) is 0 Å². The minimum absolute atomic E-state index is 0.130. The Kier molecular flexibility index (Phi) is 5.00. The van der Waals surface area contributed by atoms with Crippen molar-refractivity contribution in [1.82, 2.24) is 5.43 Å². The Labute approximate surface area is 95.5 Å². The lowest BCUT2D eigenvalue weighted by atomic mass is 10.4. The Balaban J connectivity index is 2.31. The molecule has 0 aliphatic carbocycles. The van der Waals surface area contributed by atoms with Crippen molar-refractivity contribution in [2.75, 3.05) is 5.75 Å². The Hall–Kier alpha value is -0.520. The molecule has 0 fully saturated rings. The number of hydrogen-bond acceptors (Lipinski definition) is 3. The third-order valence-corrected chi connectivity index (χ3v) is 3.11. The van der Waals surface area contributed by atoms with E-state index in [1.165, 1.54) is 0 Å². The number of nitrogens with one attached hydrogen (secondary N) is 1. The number of carbonyl (C=O) groups excluding carboxylic acids is 1. The minimum Gasteiger partial charge on any atom is -0.294 e. The van der Waals surface area contributed by atoms with Gasteiger partial charge >= 0.3 is 0 Å². The molecular formula is C9H11BrN2OS. The highest BCUT2D eigenvalue weighted by molar-refractivity contribution is 9.10. The van der Waals surface area contributed by atoms with Crippen LogP contribution in [0.5, 0.6) is 0 Å². The average Bonchev–Trinajstić information content (AvgIpc) is 2.21. The molecule has 0 bridgehead atoms. The molecule has 1 amide bonds. The van der Waals surface area contributed by atoms with Gasteiger partial charge in [0.1, 0.15) is 0 Å². The predicted octanol–water partition coefficient (Wildman–Crippen LogP) is 1.92. The molecule has 1 aromatic rings. The summed E-state index contributed by atoms with van der Waals surface area (Å²) in [4.78, 5) is 12.0. The zero-order chi connectivity index (χ0) is 10.4. The molecule has 0 aliphatic rings. The molecule has 0 atom stereocenters. The van der Waals surface area contributed by atoms with Crippen LogP contribution in [0.3, 0.4) is 0 Å². The number of hydrogen-bond donors (Lipinski definition) is 2. The van der Waals surface area contributed by atoms with E-state index in [0.29, 0.717) is 6.42 Å². The molecule has 0 saturated heterocycles. The second-order valence-corrected chi connectivity index (χ2v) is 4.70. The number of halogens is 1. The van der Waals surface area contributed by atoms with Crippen LogP contribution in [0.4, 0.5) is 0 Å². The normalized spacial score (nSPS) is 9.86. The molecule has 0 spiro atoms. The van der Waals surface area contributed by atoms with Gasteiger partial charge in [0.05, 0.1) is 0 Å². The van der Waals surface area contributed by atoms with Crippen molar-refractivity contribution in [3.05, 3.63) is 28.7 Å². The van der Waals surface area contributed by atoms with Gasteiger partial charge in [-0.1, -0.05) is 15.9 Å². The number of benzene rings is 1. The van der Waals surface area contributed by atoms with E-state index in [9.17, 15) is 4.79 Å². The minimum atomic E-state index is -0.130. The van der Waals surface area contributed by atoms with Crippen LogP contribution in [0.15, 0.2) is 33.6 Å². The fraction of sp³-hybridized carbons (Fsp3) is 0.222. The van der Waals surface area contributed by atoms with Gasteiger partial charge in [0.2, 0.25) is 5.91 Å². The molecule has 1 rings (SSSR count). The summed E-state index contributed by atoms with van der Waals surface area (Å²) >= 11 is 4.99. The van der Waals surface area contributed by atoms with Crippen LogP contribution in [0, 0.1) is 0 Å². The highest BCUT2D eigenvalue weighted by Crippen LogP contribution is 2.20. The van der Waals surface area contributed by atoms with Crippen molar-refractivity contribution >= 4 is 33.6 Å². The monoisotopic (exact) mass is 274 g/mol. The fourth-order valence-electron chi connectivity index (χ4n) is 0.865. The van der Waals surface area contributed by atoms with Gasteiger partial charge in [-0.05, 0) is 24.3 Å². The first-order chi connectivity index (χ1) is 6.72. The quantitative estimate of drug-likeness (QED) is 0.382. The largest absolute Gasteiger partial charge is 0.294 e. The lowest BCUT2D eigenvalue weighted by Gasteiger charge is -2.00. The zero-order valence-corrected chi connectivity index (χ0v) is 9.90. The summed E-state index contributed by atoms with van der Waals surface area (Å²) in [6.07, 6.45) is 0.442. The van der Waals surface area contributed by atoms with Crippen LogP contribution < -0.4 is 11.3 Å². The smallest absolute Gasteiger partial charge is 0.234 e. The van der Waals surface area contributed by atoms with Crippen LogP contribution in [0.1, 0.15) is 6.42 Å². The highest BCUT2D eigenvalue weighted by Gasteiger charge is 1.99. The van der Waals surface area contributed by atoms with Gasteiger partial charge in [0.25, 0.3) is 0 Å². The van der Waals surface area contributed by atoms with Gasteiger partial charge in [-0.2, -0.15) is 0 Å². The molecular weight excluding hydrogens is 264 g/mol. The molecule has 0 heterocycles.